The molecule has 6 nitrogen and oxygen atoms in total. The van der Waals surface area contributed by atoms with Gasteiger partial charge in [0, 0.05) is 38.6 Å². The molecular weight excluding hydrogens is 405 g/mol. The van der Waals surface area contributed by atoms with Crippen molar-refractivity contribution in [3.05, 3.63) is 65.2 Å². The minimum Gasteiger partial charge on any atom is -0.340 e. The molecule has 1 amide bonds. The summed E-state index contributed by atoms with van der Waals surface area (Å²) in [6, 6.07) is 8.37. The van der Waals surface area contributed by atoms with Gasteiger partial charge in [0.25, 0.3) is 0 Å². The molecule has 2 saturated heterocycles. The van der Waals surface area contributed by atoms with Crippen LogP contribution in [-0.2, 0) is 21.2 Å². The molecule has 2 aliphatic rings. The number of hydrogen-bond acceptors (Lipinski definition) is 4. The van der Waals surface area contributed by atoms with Crippen molar-refractivity contribution in [1.82, 2.24) is 14.2 Å². The molecule has 4 rings (SSSR count). The van der Waals surface area contributed by atoms with E-state index in [9.17, 15) is 17.6 Å². The number of carbonyl (C=O) groups excluding carboxylic acids is 1. The zero-order chi connectivity index (χ0) is 21.3. The van der Waals surface area contributed by atoms with E-state index in [2.05, 4.69) is 4.98 Å². The number of halogens is 1. The lowest BCUT2D eigenvalue weighted by atomic mass is 9.91. The number of amides is 1. The van der Waals surface area contributed by atoms with E-state index in [4.69, 9.17) is 0 Å². The molecule has 0 saturated carbocycles. The van der Waals surface area contributed by atoms with Gasteiger partial charge in [0.05, 0.1) is 6.42 Å². The predicted octanol–water partition coefficient (Wildman–Crippen LogP) is 2.49. The molecular formula is C22H26FN3O3S. The fourth-order valence-corrected chi connectivity index (χ4v) is 6.10. The Labute approximate surface area is 176 Å². The summed E-state index contributed by atoms with van der Waals surface area (Å²) >= 11 is 0. The number of likely N-dealkylation sites (tertiary alicyclic amines) is 1. The van der Waals surface area contributed by atoms with Gasteiger partial charge in [-0.2, -0.15) is 0 Å². The van der Waals surface area contributed by atoms with Crippen molar-refractivity contribution in [2.45, 2.75) is 37.4 Å². The molecule has 3 heterocycles. The average Bonchev–Trinajstić information content (AvgIpc) is 2.70. The van der Waals surface area contributed by atoms with E-state index >= 15 is 0 Å². The number of benzene rings is 1. The molecule has 2 fully saturated rings. The number of nitrogens with zero attached hydrogens (tertiary/aromatic N) is 3. The van der Waals surface area contributed by atoms with E-state index in [1.165, 1.54) is 17.7 Å². The Morgan fingerprint density at radius 3 is 2.47 bits per heavy atom. The molecule has 0 bridgehead atoms. The largest absolute Gasteiger partial charge is 0.340 e. The summed E-state index contributed by atoms with van der Waals surface area (Å²) < 4.78 is 40.9. The van der Waals surface area contributed by atoms with Crippen LogP contribution in [0.25, 0.3) is 0 Å². The van der Waals surface area contributed by atoms with Crippen molar-refractivity contribution in [3.63, 3.8) is 0 Å². The molecule has 2 aromatic rings. The van der Waals surface area contributed by atoms with Gasteiger partial charge >= 0.3 is 0 Å². The highest BCUT2D eigenvalue weighted by Crippen LogP contribution is 2.31. The maximum Gasteiger partial charge on any atom is 0.227 e. The lowest BCUT2D eigenvalue weighted by molar-refractivity contribution is -0.133. The molecule has 1 aromatic carbocycles. The summed E-state index contributed by atoms with van der Waals surface area (Å²) in [4.78, 5) is 18.1. The number of aromatic nitrogens is 1. The molecule has 0 radical (unpaired) electrons. The van der Waals surface area contributed by atoms with Crippen LogP contribution in [0.3, 0.4) is 0 Å². The van der Waals surface area contributed by atoms with Crippen molar-refractivity contribution >= 4 is 15.9 Å². The molecule has 0 unspecified atom stereocenters. The number of piperidine rings is 1. The van der Waals surface area contributed by atoms with Crippen LogP contribution >= 0.6 is 0 Å². The third-order valence-electron chi connectivity index (χ3n) is 6.27. The standard InChI is InChI=1S/C22H26FN3O3S/c1-16-2-3-20(23)12-19(16)13-22(27)25-14-21(15-25)30(28,29)26-10-6-18(7-11-26)17-4-8-24-9-5-17/h2-5,8-9,12,18,21H,6-7,10-11,13-15H2,1H3. The SMILES string of the molecule is Cc1ccc(F)cc1CC(=O)N1CC(S(=O)(=O)N2CCC(c3ccncc3)CC2)C1. The minimum absolute atomic E-state index is 0.0910. The fraction of sp³-hybridized carbons (Fsp3) is 0.455. The molecule has 2 aliphatic heterocycles. The average molecular weight is 432 g/mol. The highest BCUT2D eigenvalue weighted by Gasteiger charge is 2.43. The van der Waals surface area contributed by atoms with Crippen LogP contribution in [0, 0.1) is 12.7 Å². The van der Waals surface area contributed by atoms with Crippen molar-refractivity contribution < 1.29 is 17.6 Å². The zero-order valence-electron chi connectivity index (χ0n) is 17.0. The van der Waals surface area contributed by atoms with E-state index in [1.54, 1.807) is 27.7 Å². The first-order valence-electron chi connectivity index (χ1n) is 10.3. The lowest BCUT2D eigenvalue weighted by Gasteiger charge is -2.42. The van der Waals surface area contributed by atoms with Crippen LogP contribution in [0.1, 0.15) is 35.4 Å². The van der Waals surface area contributed by atoms with Crippen LogP contribution in [-0.4, -0.2) is 59.9 Å². The van der Waals surface area contributed by atoms with Crippen LogP contribution in [0.5, 0.6) is 0 Å². The van der Waals surface area contributed by atoms with Crippen LogP contribution < -0.4 is 0 Å². The van der Waals surface area contributed by atoms with E-state index in [0.29, 0.717) is 24.6 Å². The van der Waals surface area contributed by atoms with Crippen molar-refractivity contribution in [2.24, 2.45) is 0 Å². The third kappa shape index (κ3) is 4.25. The highest BCUT2D eigenvalue weighted by atomic mass is 32.2. The Kier molecular flexibility index (Phi) is 5.88. The van der Waals surface area contributed by atoms with E-state index in [0.717, 1.165) is 18.4 Å². The molecule has 30 heavy (non-hydrogen) atoms. The van der Waals surface area contributed by atoms with E-state index in [1.807, 2.05) is 19.1 Å². The first-order chi connectivity index (χ1) is 14.3. The highest BCUT2D eigenvalue weighted by molar-refractivity contribution is 7.89. The Morgan fingerprint density at radius 1 is 1.13 bits per heavy atom. The third-order valence-corrected chi connectivity index (χ3v) is 8.49. The topological polar surface area (TPSA) is 70.6 Å². The van der Waals surface area contributed by atoms with Gasteiger partial charge in [-0.1, -0.05) is 6.07 Å². The number of pyridine rings is 1. The van der Waals surface area contributed by atoms with Crippen molar-refractivity contribution in [2.75, 3.05) is 26.2 Å². The van der Waals surface area contributed by atoms with E-state index in [-0.39, 0.29) is 31.2 Å². The minimum atomic E-state index is -3.42. The normalized spacial score (nSPS) is 18.9. The second-order valence-electron chi connectivity index (χ2n) is 8.17. The molecule has 8 heteroatoms. The Bertz CT molecular complexity index is 1020. The van der Waals surface area contributed by atoms with Gasteiger partial charge in [-0.15, -0.1) is 0 Å². The Hall–Kier alpha value is -2.32. The zero-order valence-corrected chi connectivity index (χ0v) is 17.8. The van der Waals surface area contributed by atoms with Gasteiger partial charge in [0.1, 0.15) is 11.1 Å². The lowest BCUT2D eigenvalue weighted by Crippen LogP contribution is -2.60. The number of carbonyl (C=O) groups is 1. The molecule has 0 N–H and O–H groups in total. The maximum absolute atomic E-state index is 13.4. The predicted molar refractivity (Wildman–Crippen MR) is 112 cm³/mol. The first kappa shape index (κ1) is 20.9. The molecule has 160 valence electrons. The van der Waals surface area contributed by atoms with Gasteiger partial charge in [0.15, 0.2) is 0 Å². The Balaban J connectivity index is 1.30. The second kappa shape index (κ2) is 8.43. The quantitative estimate of drug-likeness (QED) is 0.729. The van der Waals surface area contributed by atoms with Gasteiger partial charge in [-0.25, -0.2) is 17.1 Å². The number of sulfonamides is 1. The maximum atomic E-state index is 13.4. The van der Waals surface area contributed by atoms with E-state index < -0.39 is 15.3 Å². The van der Waals surface area contributed by atoms with Crippen LogP contribution in [0.15, 0.2) is 42.7 Å². The molecule has 0 atom stereocenters. The monoisotopic (exact) mass is 431 g/mol. The van der Waals surface area contributed by atoms with Crippen molar-refractivity contribution in [3.8, 4) is 0 Å². The summed E-state index contributed by atoms with van der Waals surface area (Å²) in [5, 5.41) is -0.549. The summed E-state index contributed by atoms with van der Waals surface area (Å²) in [5.41, 5.74) is 2.70. The smallest absolute Gasteiger partial charge is 0.227 e. The summed E-state index contributed by atoms with van der Waals surface area (Å²) in [5.74, 6) is -0.178. The summed E-state index contributed by atoms with van der Waals surface area (Å²) in [7, 11) is -3.42. The number of hydrogen-bond donors (Lipinski definition) is 0. The van der Waals surface area contributed by atoms with Crippen molar-refractivity contribution in [1.29, 1.82) is 0 Å². The van der Waals surface area contributed by atoms with Gasteiger partial charge < -0.3 is 4.90 Å². The molecule has 0 aliphatic carbocycles. The summed E-state index contributed by atoms with van der Waals surface area (Å²) in [6.45, 7) is 3.26. The number of aryl methyl sites for hydroxylation is 1. The molecule has 0 spiro atoms. The first-order valence-corrected chi connectivity index (χ1v) is 11.8. The number of rotatable bonds is 5. The van der Waals surface area contributed by atoms with Gasteiger partial charge in [0.2, 0.25) is 15.9 Å². The van der Waals surface area contributed by atoms with Crippen LogP contribution in [0.2, 0.25) is 0 Å². The second-order valence-corrected chi connectivity index (χ2v) is 10.4. The van der Waals surface area contributed by atoms with Gasteiger partial charge in [-0.05, 0) is 66.6 Å². The van der Waals surface area contributed by atoms with Crippen LogP contribution in [0.4, 0.5) is 4.39 Å². The summed E-state index contributed by atoms with van der Waals surface area (Å²) in [6.07, 6.45) is 5.20. The fourth-order valence-electron chi connectivity index (χ4n) is 4.23. The Morgan fingerprint density at radius 2 is 1.80 bits per heavy atom. The molecule has 1 aromatic heterocycles. The van der Waals surface area contributed by atoms with Gasteiger partial charge in [-0.3, -0.25) is 9.78 Å².